The molecule has 4 heteroatoms. The van der Waals surface area contributed by atoms with Crippen LogP contribution in [-0.2, 0) is 0 Å². The lowest BCUT2D eigenvalue weighted by Crippen LogP contribution is -2.40. The molecule has 3 unspecified atom stereocenters. The van der Waals surface area contributed by atoms with Crippen LogP contribution in [0, 0.1) is 5.92 Å². The second kappa shape index (κ2) is 4.72. The van der Waals surface area contributed by atoms with E-state index in [0.717, 1.165) is 17.6 Å². The van der Waals surface area contributed by atoms with Gasteiger partial charge in [-0.25, -0.2) is 4.98 Å². The summed E-state index contributed by atoms with van der Waals surface area (Å²) in [6, 6.07) is 0.715. The summed E-state index contributed by atoms with van der Waals surface area (Å²) < 4.78 is 0. The largest absolute Gasteiger partial charge is 0.345 e. The molecule has 0 bridgehead atoms. The summed E-state index contributed by atoms with van der Waals surface area (Å²) in [7, 11) is 0. The van der Waals surface area contributed by atoms with E-state index in [2.05, 4.69) is 23.7 Å². The van der Waals surface area contributed by atoms with Crippen LogP contribution < -0.4 is 10.6 Å². The van der Waals surface area contributed by atoms with E-state index in [-0.39, 0.29) is 6.04 Å². The number of piperidine rings is 1. The van der Waals surface area contributed by atoms with Gasteiger partial charge in [-0.3, -0.25) is 0 Å². The monoisotopic (exact) mass is 239 g/mol. The Morgan fingerprint density at radius 2 is 2.25 bits per heavy atom. The van der Waals surface area contributed by atoms with Gasteiger partial charge in [0.2, 0.25) is 0 Å². The molecule has 1 aromatic rings. The van der Waals surface area contributed by atoms with Crippen LogP contribution in [0.5, 0.6) is 0 Å². The first kappa shape index (κ1) is 11.9. The van der Waals surface area contributed by atoms with Crippen LogP contribution in [0.25, 0.3) is 0 Å². The van der Waals surface area contributed by atoms with Gasteiger partial charge in [-0.15, -0.1) is 11.3 Å². The molecule has 2 heterocycles. The van der Waals surface area contributed by atoms with Gasteiger partial charge in [0.25, 0.3) is 0 Å². The van der Waals surface area contributed by atoms with E-state index in [9.17, 15) is 0 Å². The standard InChI is InChI=1S/C12H21N3S/c1-8-4-5-9(2)15(7-8)12-14-6-11(16-12)10(3)13/h6,8-10H,4-5,7,13H2,1-3H3. The summed E-state index contributed by atoms with van der Waals surface area (Å²) in [5.41, 5.74) is 5.87. The molecule has 0 aromatic carbocycles. The lowest BCUT2D eigenvalue weighted by molar-refractivity contribution is 0.390. The molecule has 0 saturated carbocycles. The molecule has 0 amide bonds. The van der Waals surface area contributed by atoms with Gasteiger partial charge < -0.3 is 10.6 Å². The number of hydrogen-bond donors (Lipinski definition) is 1. The fraction of sp³-hybridized carbons (Fsp3) is 0.750. The van der Waals surface area contributed by atoms with Crippen LogP contribution in [-0.4, -0.2) is 17.6 Å². The molecule has 2 rings (SSSR count). The number of anilines is 1. The van der Waals surface area contributed by atoms with Crippen molar-refractivity contribution in [3.8, 4) is 0 Å². The molecule has 16 heavy (non-hydrogen) atoms. The molecule has 1 aliphatic rings. The summed E-state index contributed by atoms with van der Waals surface area (Å²) in [6.45, 7) is 7.75. The Morgan fingerprint density at radius 3 is 2.88 bits per heavy atom. The highest BCUT2D eigenvalue weighted by molar-refractivity contribution is 7.15. The molecule has 0 radical (unpaired) electrons. The van der Waals surface area contributed by atoms with E-state index in [4.69, 9.17) is 5.73 Å². The number of rotatable bonds is 2. The van der Waals surface area contributed by atoms with E-state index >= 15 is 0 Å². The first-order valence-electron chi connectivity index (χ1n) is 6.06. The summed E-state index contributed by atoms with van der Waals surface area (Å²) in [6.07, 6.45) is 4.54. The Bertz CT molecular complexity index is 348. The van der Waals surface area contributed by atoms with Crippen molar-refractivity contribution in [1.29, 1.82) is 0 Å². The van der Waals surface area contributed by atoms with Crippen LogP contribution in [0.3, 0.4) is 0 Å². The summed E-state index contributed by atoms with van der Waals surface area (Å²) in [5.74, 6) is 0.777. The van der Waals surface area contributed by atoms with Gasteiger partial charge in [-0.2, -0.15) is 0 Å². The van der Waals surface area contributed by atoms with Crippen molar-refractivity contribution >= 4 is 16.5 Å². The van der Waals surface area contributed by atoms with Crippen LogP contribution in [0.4, 0.5) is 5.13 Å². The SMILES string of the molecule is CC1CCC(C)N(c2ncc(C(C)N)s2)C1. The number of thiazole rings is 1. The smallest absolute Gasteiger partial charge is 0.185 e. The zero-order chi connectivity index (χ0) is 11.7. The maximum absolute atomic E-state index is 5.87. The molecule has 1 aliphatic heterocycles. The Hall–Kier alpha value is -0.610. The number of nitrogens with two attached hydrogens (primary N) is 1. The third kappa shape index (κ3) is 2.38. The summed E-state index contributed by atoms with van der Waals surface area (Å²) >= 11 is 1.74. The van der Waals surface area contributed by atoms with Gasteiger partial charge >= 0.3 is 0 Å². The van der Waals surface area contributed by atoms with Gasteiger partial charge in [0.15, 0.2) is 5.13 Å². The number of nitrogens with zero attached hydrogens (tertiary/aromatic N) is 2. The molecular weight excluding hydrogens is 218 g/mol. The molecule has 0 aliphatic carbocycles. The molecular formula is C12H21N3S. The average molecular weight is 239 g/mol. The van der Waals surface area contributed by atoms with Crippen molar-refractivity contribution < 1.29 is 0 Å². The zero-order valence-electron chi connectivity index (χ0n) is 10.3. The maximum Gasteiger partial charge on any atom is 0.185 e. The number of aromatic nitrogens is 1. The van der Waals surface area contributed by atoms with E-state index < -0.39 is 0 Å². The van der Waals surface area contributed by atoms with Crippen molar-refractivity contribution in [3.63, 3.8) is 0 Å². The molecule has 1 saturated heterocycles. The van der Waals surface area contributed by atoms with Crippen molar-refractivity contribution in [2.75, 3.05) is 11.4 Å². The van der Waals surface area contributed by atoms with Crippen molar-refractivity contribution in [2.45, 2.75) is 45.7 Å². The van der Waals surface area contributed by atoms with Crippen LogP contribution in [0.15, 0.2) is 6.20 Å². The quantitative estimate of drug-likeness (QED) is 0.863. The van der Waals surface area contributed by atoms with Gasteiger partial charge in [0, 0.05) is 29.7 Å². The average Bonchev–Trinajstić information content (AvgIpc) is 2.70. The molecule has 0 spiro atoms. The second-order valence-corrected chi connectivity index (χ2v) is 6.06. The highest BCUT2D eigenvalue weighted by Crippen LogP contribution is 2.32. The van der Waals surface area contributed by atoms with Crippen molar-refractivity contribution in [2.24, 2.45) is 11.7 Å². The zero-order valence-corrected chi connectivity index (χ0v) is 11.1. The Labute approximate surface area is 102 Å². The molecule has 90 valence electrons. The van der Waals surface area contributed by atoms with Crippen LogP contribution in [0.1, 0.15) is 44.5 Å². The number of hydrogen-bond acceptors (Lipinski definition) is 4. The van der Waals surface area contributed by atoms with Crippen molar-refractivity contribution in [1.82, 2.24) is 4.98 Å². The third-order valence-electron chi connectivity index (χ3n) is 3.32. The van der Waals surface area contributed by atoms with Gasteiger partial charge in [-0.05, 0) is 32.6 Å². The predicted octanol–water partition coefficient (Wildman–Crippen LogP) is 2.79. The Kier molecular flexibility index (Phi) is 3.50. The molecule has 2 N–H and O–H groups in total. The normalized spacial score (nSPS) is 28.1. The molecule has 3 atom stereocenters. The topological polar surface area (TPSA) is 42.2 Å². The lowest BCUT2D eigenvalue weighted by Gasteiger charge is -2.36. The fourth-order valence-electron chi connectivity index (χ4n) is 2.18. The van der Waals surface area contributed by atoms with E-state index in [0.29, 0.717) is 6.04 Å². The van der Waals surface area contributed by atoms with Gasteiger partial charge in [0.1, 0.15) is 0 Å². The first-order chi connectivity index (χ1) is 7.58. The molecule has 3 nitrogen and oxygen atoms in total. The minimum absolute atomic E-state index is 0.101. The molecule has 1 fully saturated rings. The van der Waals surface area contributed by atoms with E-state index in [1.807, 2.05) is 13.1 Å². The van der Waals surface area contributed by atoms with Gasteiger partial charge in [0.05, 0.1) is 0 Å². The first-order valence-corrected chi connectivity index (χ1v) is 6.87. The summed E-state index contributed by atoms with van der Waals surface area (Å²) in [5, 5.41) is 1.14. The fourth-order valence-corrected chi connectivity index (χ4v) is 3.15. The molecule has 1 aromatic heterocycles. The second-order valence-electron chi connectivity index (χ2n) is 5.02. The minimum Gasteiger partial charge on any atom is -0.345 e. The highest BCUT2D eigenvalue weighted by Gasteiger charge is 2.25. The van der Waals surface area contributed by atoms with Gasteiger partial charge in [-0.1, -0.05) is 6.92 Å². The third-order valence-corrected chi connectivity index (χ3v) is 4.56. The highest BCUT2D eigenvalue weighted by atomic mass is 32.1. The Morgan fingerprint density at radius 1 is 1.50 bits per heavy atom. The maximum atomic E-state index is 5.87. The summed E-state index contributed by atoms with van der Waals surface area (Å²) in [4.78, 5) is 8.13. The Balaban J connectivity index is 2.15. The van der Waals surface area contributed by atoms with Crippen molar-refractivity contribution in [3.05, 3.63) is 11.1 Å². The van der Waals surface area contributed by atoms with Crippen LogP contribution >= 0.6 is 11.3 Å². The van der Waals surface area contributed by atoms with E-state index in [1.54, 1.807) is 11.3 Å². The van der Waals surface area contributed by atoms with E-state index in [1.165, 1.54) is 17.7 Å². The van der Waals surface area contributed by atoms with Crippen LogP contribution in [0.2, 0.25) is 0 Å². The predicted molar refractivity (Wildman–Crippen MR) is 69.9 cm³/mol. The minimum atomic E-state index is 0.101. The lowest BCUT2D eigenvalue weighted by atomic mass is 9.96.